The Labute approximate surface area is 122 Å². The molecule has 0 bridgehead atoms. The Morgan fingerprint density at radius 3 is 2.25 bits per heavy atom. The fourth-order valence-electron chi connectivity index (χ4n) is 3.56. The minimum Gasteiger partial charge on any atom is -0.481 e. The first kappa shape index (κ1) is 17.2. The summed E-state index contributed by atoms with van der Waals surface area (Å²) in [5, 5.41) is 9.63. The predicted molar refractivity (Wildman–Crippen MR) is 79.5 cm³/mol. The van der Waals surface area contributed by atoms with Crippen molar-refractivity contribution in [2.75, 3.05) is 6.54 Å². The van der Waals surface area contributed by atoms with E-state index in [9.17, 15) is 14.7 Å². The van der Waals surface area contributed by atoms with Gasteiger partial charge in [0.15, 0.2) is 5.78 Å². The first-order valence-corrected chi connectivity index (χ1v) is 8.04. The van der Waals surface area contributed by atoms with E-state index in [1.54, 1.807) is 0 Å². The van der Waals surface area contributed by atoms with Crippen LogP contribution in [-0.4, -0.2) is 23.4 Å². The van der Waals surface area contributed by atoms with Crippen molar-refractivity contribution in [2.24, 2.45) is 17.1 Å². The molecular weight excluding hydrogens is 254 g/mol. The summed E-state index contributed by atoms with van der Waals surface area (Å²) in [6.45, 7) is 2.13. The molecule has 0 amide bonds. The van der Waals surface area contributed by atoms with Gasteiger partial charge in [-0.3, -0.25) is 9.59 Å². The maximum atomic E-state index is 12.1. The van der Waals surface area contributed by atoms with Gasteiger partial charge in [-0.25, -0.2) is 0 Å². The zero-order chi connectivity index (χ0) is 15.0. The second-order valence-corrected chi connectivity index (χ2v) is 6.09. The lowest BCUT2D eigenvalue weighted by Gasteiger charge is -2.32. The third-order valence-corrected chi connectivity index (χ3v) is 4.77. The van der Waals surface area contributed by atoms with Crippen LogP contribution in [-0.2, 0) is 9.59 Å². The molecule has 20 heavy (non-hydrogen) atoms. The summed E-state index contributed by atoms with van der Waals surface area (Å²) in [6, 6.07) is 0. The van der Waals surface area contributed by atoms with E-state index in [0.717, 1.165) is 25.7 Å². The zero-order valence-electron chi connectivity index (χ0n) is 12.7. The molecule has 4 heteroatoms. The van der Waals surface area contributed by atoms with Crippen molar-refractivity contribution >= 4 is 11.8 Å². The van der Waals surface area contributed by atoms with Crippen LogP contribution in [0.3, 0.4) is 0 Å². The van der Waals surface area contributed by atoms with Gasteiger partial charge in [0.25, 0.3) is 0 Å². The van der Waals surface area contributed by atoms with Crippen molar-refractivity contribution in [3.63, 3.8) is 0 Å². The van der Waals surface area contributed by atoms with E-state index in [0.29, 0.717) is 19.3 Å². The number of carboxylic acids is 1. The van der Waals surface area contributed by atoms with Crippen LogP contribution in [0.25, 0.3) is 0 Å². The average molecular weight is 283 g/mol. The molecule has 1 fully saturated rings. The summed E-state index contributed by atoms with van der Waals surface area (Å²) in [4.78, 5) is 23.9. The van der Waals surface area contributed by atoms with Gasteiger partial charge in [0.2, 0.25) is 0 Å². The van der Waals surface area contributed by atoms with Crippen LogP contribution in [0, 0.1) is 11.3 Å². The van der Waals surface area contributed by atoms with Crippen LogP contribution in [0.5, 0.6) is 0 Å². The molecule has 1 unspecified atom stereocenters. The van der Waals surface area contributed by atoms with Crippen molar-refractivity contribution in [1.29, 1.82) is 0 Å². The van der Waals surface area contributed by atoms with Gasteiger partial charge in [-0.15, -0.1) is 0 Å². The first-order chi connectivity index (χ1) is 9.58. The number of ketones is 1. The molecule has 1 aliphatic carbocycles. The number of nitrogens with two attached hydrogens (primary N) is 1. The van der Waals surface area contributed by atoms with E-state index >= 15 is 0 Å². The molecule has 1 atom stereocenters. The quantitative estimate of drug-likeness (QED) is 0.604. The highest BCUT2D eigenvalue weighted by Gasteiger charge is 2.49. The van der Waals surface area contributed by atoms with E-state index in [-0.39, 0.29) is 18.2 Å². The van der Waals surface area contributed by atoms with E-state index in [1.165, 1.54) is 19.3 Å². The maximum absolute atomic E-state index is 12.1. The molecule has 3 N–H and O–H groups in total. The van der Waals surface area contributed by atoms with Crippen LogP contribution >= 0.6 is 0 Å². The van der Waals surface area contributed by atoms with Crippen molar-refractivity contribution < 1.29 is 14.7 Å². The van der Waals surface area contributed by atoms with Gasteiger partial charge in [0.1, 0.15) is 0 Å². The van der Waals surface area contributed by atoms with Crippen LogP contribution < -0.4 is 5.73 Å². The molecule has 0 aromatic rings. The number of carbonyl (C=O) groups excluding carboxylic acids is 1. The molecule has 0 aromatic carbocycles. The fourth-order valence-corrected chi connectivity index (χ4v) is 3.56. The topological polar surface area (TPSA) is 80.4 Å². The first-order valence-electron chi connectivity index (χ1n) is 8.04. The Balaban J connectivity index is 2.67. The molecule has 1 aliphatic rings. The third kappa shape index (κ3) is 4.05. The molecule has 116 valence electrons. The lowest BCUT2D eigenvalue weighted by molar-refractivity contribution is -0.156. The smallest absolute Gasteiger partial charge is 0.310 e. The Morgan fingerprint density at radius 1 is 1.15 bits per heavy atom. The summed E-state index contributed by atoms with van der Waals surface area (Å²) in [5.74, 6) is -1.24. The number of Topliss-reactive ketones (excluding diaryl/α,β-unsaturated/α-hetero) is 1. The Hall–Kier alpha value is -0.900. The molecule has 0 aliphatic heterocycles. The number of hydrogen-bond acceptors (Lipinski definition) is 3. The van der Waals surface area contributed by atoms with Crippen LogP contribution in [0.15, 0.2) is 0 Å². The number of aliphatic carboxylic acids is 1. The molecular formula is C16H29NO3. The molecule has 0 aromatic heterocycles. The Morgan fingerprint density at radius 2 is 1.75 bits per heavy atom. The van der Waals surface area contributed by atoms with Crippen LogP contribution in [0.2, 0.25) is 0 Å². The zero-order valence-corrected chi connectivity index (χ0v) is 12.7. The molecule has 4 nitrogen and oxygen atoms in total. The van der Waals surface area contributed by atoms with E-state index in [1.807, 2.05) is 0 Å². The van der Waals surface area contributed by atoms with Crippen molar-refractivity contribution in [3.05, 3.63) is 0 Å². The molecule has 0 radical (unpaired) electrons. The van der Waals surface area contributed by atoms with E-state index in [4.69, 9.17) is 5.73 Å². The lowest BCUT2D eigenvalue weighted by Crippen LogP contribution is -2.42. The van der Waals surface area contributed by atoms with Crippen molar-refractivity contribution in [3.8, 4) is 0 Å². The number of carboxylic acid groups (broad SMARTS) is 1. The normalized spacial score (nSPS) is 18.9. The summed E-state index contributed by atoms with van der Waals surface area (Å²) in [6.07, 6.45) is 9.35. The van der Waals surface area contributed by atoms with Gasteiger partial charge in [-0.2, -0.15) is 0 Å². The Bertz CT molecular complexity index is 322. The standard InChI is InChI=1S/C16H29NO3/c1-2-3-4-5-6-9-13(14(18)12-17)16(15(19)20)10-7-8-11-16/h13H,2-12,17H2,1H3,(H,19,20). The maximum Gasteiger partial charge on any atom is 0.310 e. The summed E-state index contributed by atoms with van der Waals surface area (Å²) < 4.78 is 0. The fraction of sp³-hybridized carbons (Fsp3) is 0.875. The number of unbranched alkanes of at least 4 members (excludes halogenated alkanes) is 4. The van der Waals surface area contributed by atoms with E-state index < -0.39 is 11.4 Å². The highest BCUT2D eigenvalue weighted by Crippen LogP contribution is 2.47. The summed E-state index contributed by atoms with van der Waals surface area (Å²) in [7, 11) is 0. The average Bonchev–Trinajstić information content (AvgIpc) is 2.92. The second-order valence-electron chi connectivity index (χ2n) is 6.09. The van der Waals surface area contributed by atoms with E-state index in [2.05, 4.69) is 6.92 Å². The van der Waals surface area contributed by atoms with Crippen molar-refractivity contribution in [2.45, 2.75) is 71.1 Å². The van der Waals surface area contributed by atoms with Crippen molar-refractivity contribution in [1.82, 2.24) is 0 Å². The monoisotopic (exact) mass is 283 g/mol. The van der Waals surface area contributed by atoms with Gasteiger partial charge < -0.3 is 10.8 Å². The largest absolute Gasteiger partial charge is 0.481 e. The predicted octanol–water partition coefficient (Wildman–Crippen LogP) is 3.14. The Kier molecular flexibility index (Phi) is 7.20. The molecule has 1 saturated carbocycles. The van der Waals surface area contributed by atoms with Gasteiger partial charge in [-0.1, -0.05) is 51.9 Å². The number of rotatable bonds is 10. The van der Waals surface area contributed by atoms with Gasteiger partial charge >= 0.3 is 5.97 Å². The SMILES string of the molecule is CCCCCCCC(C(=O)CN)C1(C(=O)O)CCCC1. The molecule has 0 heterocycles. The van der Waals surface area contributed by atoms with Gasteiger partial charge in [-0.05, 0) is 19.3 Å². The number of hydrogen-bond donors (Lipinski definition) is 2. The minimum atomic E-state index is -0.832. The summed E-state index contributed by atoms with van der Waals surface area (Å²) >= 11 is 0. The highest BCUT2D eigenvalue weighted by molar-refractivity contribution is 5.89. The lowest BCUT2D eigenvalue weighted by atomic mass is 9.69. The number of carbonyl (C=O) groups is 2. The molecule has 0 saturated heterocycles. The molecule has 1 rings (SSSR count). The van der Waals surface area contributed by atoms with Gasteiger partial charge in [0.05, 0.1) is 12.0 Å². The molecule has 0 spiro atoms. The highest BCUT2D eigenvalue weighted by atomic mass is 16.4. The second kappa shape index (κ2) is 8.40. The van der Waals surface area contributed by atoms with Crippen LogP contribution in [0.1, 0.15) is 71.1 Å². The summed E-state index contributed by atoms with van der Waals surface area (Å²) in [5.41, 5.74) is 4.68. The third-order valence-electron chi connectivity index (χ3n) is 4.77. The van der Waals surface area contributed by atoms with Gasteiger partial charge in [0, 0.05) is 5.92 Å². The van der Waals surface area contributed by atoms with Crippen LogP contribution in [0.4, 0.5) is 0 Å². The minimum absolute atomic E-state index is 0.0331.